The predicted molar refractivity (Wildman–Crippen MR) is 291 cm³/mol. The zero-order valence-electron chi connectivity index (χ0n) is 42.9. The Balaban J connectivity index is 0.000000601. The van der Waals surface area contributed by atoms with Crippen LogP contribution in [-0.4, -0.2) is 65.3 Å². The third kappa shape index (κ3) is 15.1. The number of fused-ring (bicyclic) bond motifs is 1. The molecule has 2 unspecified atom stereocenters. The molecule has 1 aliphatic rings. The maximum Gasteiger partial charge on any atom is 0.0707 e. The lowest BCUT2D eigenvalue weighted by Crippen LogP contribution is -2.50. The molecule has 362 valence electrons. The maximum absolute atomic E-state index is 5.45. The standard InChI is InChI=1S/C47H66N6.C8H11N.C4H9N/c1-12-15-24-47(8,9)31-41-40-30-39(21-22-44(40)52(14-3)46(41)42-32-48-26-23-37(42)13-2)38-20-18-19-36(28-38)29-43(35(7)53-27-17-16-25-49-53)50-34(6)45(33(4)5)51(10)11;1-7-4-2-3-5-8(7)6-9;1-2-3-4-5/h12,18-23,26,28,30,32-33,43,45,49-50H,1,6-7,13-17,24-25,27,29,31H2,2-5,8-11H3;2-5H,6,9H2,1H3;2H,1,3-5H2. The molecule has 0 amide bonds. The number of pyridine rings is 1. The number of rotatable bonds is 21. The smallest absolute Gasteiger partial charge is 0.0707 e. The van der Waals surface area contributed by atoms with Gasteiger partial charge in [0.05, 0.1) is 17.8 Å². The zero-order chi connectivity index (χ0) is 49.1. The molecule has 6 N–H and O–H groups in total. The molecule has 1 fully saturated rings. The van der Waals surface area contributed by atoms with Gasteiger partial charge < -0.3 is 31.3 Å². The predicted octanol–water partition coefficient (Wildman–Crippen LogP) is 12.2. The average Bonchev–Trinajstić information content (AvgIpc) is 3.62. The van der Waals surface area contributed by atoms with Gasteiger partial charge in [0, 0.05) is 66.4 Å². The van der Waals surface area contributed by atoms with E-state index in [1.807, 2.05) is 18.3 Å². The summed E-state index contributed by atoms with van der Waals surface area (Å²) in [5.74, 6) is 0.428. The van der Waals surface area contributed by atoms with Crippen molar-refractivity contribution in [1.82, 2.24) is 30.2 Å². The van der Waals surface area contributed by atoms with Gasteiger partial charge in [0.1, 0.15) is 0 Å². The van der Waals surface area contributed by atoms with Crippen LogP contribution in [0.4, 0.5) is 0 Å². The molecule has 0 radical (unpaired) electrons. The van der Waals surface area contributed by atoms with Crippen LogP contribution < -0.4 is 22.2 Å². The van der Waals surface area contributed by atoms with E-state index < -0.39 is 0 Å². The van der Waals surface area contributed by atoms with Gasteiger partial charge in [-0.1, -0.05) is 115 Å². The van der Waals surface area contributed by atoms with Crippen molar-refractivity contribution in [1.29, 1.82) is 0 Å². The fraction of sp³-hybridized carbons (Fsp3) is 0.441. The average molecular weight is 907 g/mol. The van der Waals surface area contributed by atoms with E-state index in [4.69, 9.17) is 11.5 Å². The van der Waals surface area contributed by atoms with Gasteiger partial charge in [0.15, 0.2) is 0 Å². The SMILES string of the molecule is C=CCCC(C)(C)Cc1c(-c2cnccc2CC)n(CC)c2ccc(-c3cccc(CC(NC(=C)C(C(C)C)N(C)C)C(=C)N4CCCCN4)c3)cc12.C=CCCN.Cc1ccccc1CN. The molecule has 0 aliphatic carbocycles. The minimum atomic E-state index is 0.00446. The van der Waals surface area contributed by atoms with E-state index in [0.29, 0.717) is 12.5 Å². The summed E-state index contributed by atoms with van der Waals surface area (Å²) in [6.45, 7) is 36.8. The Hall–Kier alpha value is -5.25. The van der Waals surface area contributed by atoms with E-state index in [9.17, 15) is 0 Å². The van der Waals surface area contributed by atoms with Gasteiger partial charge in [-0.15, -0.1) is 13.2 Å². The van der Waals surface area contributed by atoms with Gasteiger partial charge in [-0.05, 0) is 154 Å². The number of aromatic nitrogens is 2. The summed E-state index contributed by atoms with van der Waals surface area (Å²) in [6, 6.07) is 26.8. The van der Waals surface area contributed by atoms with Crippen LogP contribution in [0.5, 0.6) is 0 Å². The summed E-state index contributed by atoms with van der Waals surface area (Å²) in [5, 5.41) is 7.46. The van der Waals surface area contributed by atoms with Crippen molar-refractivity contribution >= 4 is 10.9 Å². The highest BCUT2D eigenvalue weighted by Gasteiger charge is 2.28. The van der Waals surface area contributed by atoms with Crippen LogP contribution >= 0.6 is 0 Å². The Morgan fingerprint density at radius 3 is 2.24 bits per heavy atom. The van der Waals surface area contributed by atoms with Gasteiger partial charge in [-0.3, -0.25) is 4.98 Å². The summed E-state index contributed by atoms with van der Waals surface area (Å²) in [5.41, 5.74) is 29.2. The van der Waals surface area contributed by atoms with Crippen molar-refractivity contribution in [3.63, 3.8) is 0 Å². The number of nitrogens with one attached hydrogen (secondary N) is 2. The second-order valence-corrected chi connectivity index (χ2v) is 19.4. The number of benzene rings is 3. The fourth-order valence-electron chi connectivity index (χ4n) is 9.49. The molecule has 3 heterocycles. The topological polar surface area (TPSA) is 100 Å². The number of likely N-dealkylation sites (N-methyl/N-ethyl adjacent to an activating group) is 1. The van der Waals surface area contributed by atoms with E-state index in [2.05, 4.69) is 192 Å². The van der Waals surface area contributed by atoms with Crippen LogP contribution in [0.2, 0.25) is 0 Å². The van der Waals surface area contributed by atoms with Gasteiger partial charge in [0.2, 0.25) is 0 Å². The third-order valence-electron chi connectivity index (χ3n) is 13.0. The molecule has 3 aromatic carbocycles. The largest absolute Gasteiger partial charge is 0.379 e. The van der Waals surface area contributed by atoms with Crippen molar-refractivity contribution in [3.8, 4) is 22.4 Å². The minimum Gasteiger partial charge on any atom is -0.379 e. The van der Waals surface area contributed by atoms with Gasteiger partial charge in [-0.2, -0.15) is 0 Å². The molecule has 2 aromatic heterocycles. The van der Waals surface area contributed by atoms with E-state index >= 15 is 0 Å². The fourth-order valence-corrected chi connectivity index (χ4v) is 9.49. The Labute approximate surface area is 406 Å². The number of hydrazine groups is 1. The van der Waals surface area contributed by atoms with E-state index in [0.717, 1.165) is 76.1 Å². The van der Waals surface area contributed by atoms with Crippen molar-refractivity contribution < 1.29 is 0 Å². The normalized spacial score (nSPS) is 13.6. The highest BCUT2D eigenvalue weighted by molar-refractivity contribution is 5.95. The van der Waals surface area contributed by atoms with Crippen LogP contribution in [0.1, 0.15) is 101 Å². The number of aryl methyl sites for hydroxylation is 3. The Morgan fingerprint density at radius 1 is 0.925 bits per heavy atom. The van der Waals surface area contributed by atoms with Crippen LogP contribution in [0, 0.1) is 18.3 Å². The molecule has 1 saturated heterocycles. The molecule has 8 heteroatoms. The summed E-state index contributed by atoms with van der Waals surface area (Å²) in [7, 11) is 4.28. The number of hydrogen-bond donors (Lipinski definition) is 4. The molecule has 1 aliphatic heterocycles. The summed E-state index contributed by atoms with van der Waals surface area (Å²) < 4.78 is 2.52. The number of allylic oxidation sites excluding steroid dienone is 1. The summed E-state index contributed by atoms with van der Waals surface area (Å²) >= 11 is 0. The second-order valence-electron chi connectivity index (χ2n) is 19.4. The molecular weight excluding hydrogens is 821 g/mol. The molecule has 67 heavy (non-hydrogen) atoms. The summed E-state index contributed by atoms with van der Waals surface area (Å²) in [4.78, 5) is 6.90. The van der Waals surface area contributed by atoms with E-state index in [-0.39, 0.29) is 17.5 Å². The van der Waals surface area contributed by atoms with Crippen LogP contribution in [0.3, 0.4) is 0 Å². The third-order valence-corrected chi connectivity index (χ3v) is 13.0. The molecule has 0 bridgehead atoms. The van der Waals surface area contributed by atoms with Crippen molar-refractivity contribution in [3.05, 3.63) is 163 Å². The highest BCUT2D eigenvalue weighted by Crippen LogP contribution is 2.42. The van der Waals surface area contributed by atoms with Gasteiger partial charge in [0.25, 0.3) is 0 Å². The molecule has 2 atom stereocenters. The molecule has 0 spiro atoms. The Bertz CT molecular complexity index is 2330. The van der Waals surface area contributed by atoms with Gasteiger partial charge >= 0.3 is 0 Å². The highest BCUT2D eigenvalue weighted by atomic mass is 15.5. The van der Waals surface area contributed by atoms with E-state index in [1.54, 1.807) is 6.08 Å². The zero-order valence-corrected chi connectivity index (χ0v) is 42.9. The molecular formula is C59H86N8. The van der Waals surface area contributed by atoms with Crippen LogP contribution in [-0.2, 0) is 32.4 Å². The molecule has 8 nitrogen and oxygen atoms in total. The minimum absolute atomic E-state index is 0.00446. The first kappa shape index (κ1) is 54.4. The van der Waals surface area contributed by atoms with Crippen molar-refractivity contribution in [2.75, 3.05) is 33.7 Å². The molecule has 5 aromatic rings. The van der Waals surface area contributed by atoms with Crippen LogP contribution in [0.25, 0.3) is 33.3 Å². The lowest BCUT2D eigenvalue weighted by atomic mass is 9.80. The Morgan fingerprint density at radius 2 is 1.66 bits per heavy atom. The number of nitrogens with zero attached hydrogens (tertiary/aromatic N) is 4. The summed E-state index contributed by atoms with van der Waals surface area (Å²) in [6.07, 6.45) is 16.0. The monoisotopic (exact) mass is 907 g/mol. The second kappa shape index (κ2) is 26.9. The lowest BCUT2D eigenvalue weighted by Gasteiger charge is -2.38. The first-order valence-corrected chi connectivity index (χ1v) is 24.8. The molecule has 6 rings (SSSR count). The Kier molecular flexibility index (Phi) is 21.8. The van der Waals surface area contributed by atoms with Crippen molar-refractivity contribution in [2.24, 2.45) is 22.8 Å². The van der Waals surface area contributed by atoms with Gasteiger partial charge in [-0.25, -0.2) is 5.43 Å². The number of nitrogens with two attached hydrogens (primary N) is 2. The maximum atomic E-state index is 5.45. The first-order chi connectivity index (χ1) is 32.1. The first-order valence-electron chi connectivity index (χ1n) is 24.8. The van der Waals surface area contributed by atoms with Crippen molar-refractivity contribution in [2.45, 2.75) is 125 Å². The molecule has 0 saturated carbocycles. The lowest BCUT2D eigenvalue weighted by molar-refractivity contribution is 0.185. The van der Waals surface area contributed by atoms with E-state index in [1.165, 1.54) is 73.9 Å². The van der Waals surface area contributed by atoms with Crippen LogP contribution in [0.15, 0.2) is 135 Å². The quantitative estimate of drug-likeness (QED) is 0.0544. The number of hydrogen-bond acceptors (Lipinski definition) is 7.